The highest BCUT2D eigenvalue weighted by molar-refractivity contribution is 5.70. The van der Waals surface area contributed by atoms with E-state index in [-0.39, 0.29) is 6.42 Å². The fourth-order valence-corrected chi connectivity index (χ4v) is 2.33. The molecule has 0 saturated carbocycles. The SMILES string of the molecule is CCCCCCC(C)NCc1ccccc1CC(=O)O. The molecule has 0 aromatic heterocycles. The lowest BCUT2D eigenvalue weighted by atomic mass is 10.0. The van der Waals surface area contributed by atoms with Gasteiger partial charge in [-0.15, -0.1) is 0 Å². The summed E-state index contributed by atoms with van der Waals surface area (Å²) in [5.41, 5.74) is 2.00. The maximum absolute atomic E-state index is 10.8. The normalized spacial score (nSPS) is 12.3. The average molecular weight is 277 g/mol. The zero-order valence-electron chi connectivity index (χ0n) is 12.7. The van der Waals surface area contributed by atoms with Crippen molar-refractivity contribution in [3.63, 3.8) is 0 Å². The Morgan fingerprint density at radius 3 is 2.55 bits per heavy atom. The Morgan fingerprint density at radius 2 is 1.90 bits per heavy atom. The van der Waals surface area contributed by atoms with Gasteiger partial charge in [-0.2, -0.15) is 0 Å². The van der Waals surface area contributed by atoms with Crippen molar-refractivity contribution >= 4 is 5.97 Å². The van der Waals surface area contributed by atoms with Crippen LogP contribution in [0.2, 0.25) is 0 Å². The maximum Gasteiger partial charge on any atom is 0.307 e. The van der Waals surface area contributed by atoms with Crippen LogP contribution in [0.25, 0.3) is 0 Å². The van der Waals surface area contributed by atoms with Gasteiger partial charge in [0.1, 0.15) is 0 Å². The molecule has 1 aromatic carbocycles. The van der Waals surface area contributed by atoms with E-state index in [1.54, 1.807) is 0 Å². The molecule has 112 valence electrons. The molecule has 3 nitrogen and oxygen atoms in total. The van der Waals surface area contributed by atoms with E-state index in [2.05, 4.69) is 19.2 Å². The number of carboxylic acid groups (broad SMARTS) is 1. The van der Waals surface area contributed by atoms with E-state index in [4.69, 9.17) is 5.11 Å². The van der Waals surface area contributed by atoms with Gasteiger partial charge < -0.3 is 10.4 Å². The minimum atomic E-state index is -0.773. The van der Waals surface area contributed by atoms with E-state index >= 15 is 0 Å². The number of nitrogens with one attached hydrogen (secondary N) is 1. The summed E-state index contributed by atoms with van der Waals surface area (Å²) in [6, 6.07) is 8.25. The largest absolute Gasteiger partial charge is 0.481 e. The van der Waals surface area contributed by atoms with Crippen molar-refractivity contribution in [3.8, 4) is 0 Å². The lowest BCUT2D eigenvalue weighted by Crippen LogP contribution is -2.26. The van der Waals surface area contributed by atoms with Gasteiger partial charge >= 0.3 is 5.97 Å². The van der Waals surface area contributed by atoms with Gasteiger partial charge in [0.25, 0.3) is 0 Å². The first-order valence-corrected chi connectivity index (χ1v) is 7.65. The number of carbonyl (C=O) groups is 1. The predicted molar refractivity (Wildman–Crippen MR) is 82.8 cm³/mol. The second-order valence-electron chi connectivity index (χ2n) is 5.47. The molecule has 0 amide bonds. The molecule has 0 aliphatic rings. The Bertz CT molecular complexity index is 404. The Balaban J connectivity index is 2.38. The quantitative estimate of drug-likeness (QED) is 0.640. The van der Waals surface area contributed by atoms with Gasteiger partial charge in [0.15, 0.2) is 0 Å². The topological polar surface area (TPSA) is 49.3 Å². The van der Waals surface area contributed by atoms with E-state index in [0.717, 1.165) is 17.7 Å². The maximum atomic E-state index is 10.8. The molecule has 2 N–H and O–H groups in total. The number of hydrogen-bond donors (Lipinski definition) is 2. The molecule has 1 atom stereocenters. The Kier molecular flexibility index (Phi) is 7.97. The van der Waals surface area contributed by atoms with Gasteiger partial charge in [-0.1, -0.05) is 56.9 Å². The molecule has 20 heavy (non-hydrogen) atoms. The summed E-state index contributed by atoms with van der Waals surface area (Å²) in [5, 5.41) is 12.4. The number of carboxylic acids is 1. The molecule has 0 aliphatic heterocycles. The van der Waals surface area contributed by atoms with Gasteiger partial charge in [-0.25, -0.2) is 0 Å². The van der Waals surface area contributed by atoms with Crippen LogP contribution in [-0.4, -0.2) is 17.1 Å². The molecular weight excluding hydrogens is 250 g/mol. The highest BCUT2D eigenvalue weighted by atomic mass is 16.4. The monoisotopic (exact) mass is 277 g/mol. The molecule has 1 unspecified atom stereocenters. The summed E-state index contributed by atoms with van der Waals surface area (Å²) in [6.45, 7) is 5.17. The number of unbranched alkanes of at least 4 members (excludes halogenated alkanes) is 3. The number of aliphatic carboxylic acids is 1. The second kappa shape index (κ2) is 9.54. The van der Waals surface area contributed by atoms with Gasteiger partial charge in [-0.05, 0) is 24.5 Å². The fourth-order valence-electron chi connectivity index (χ4n) is 2.33. The summed E-state index contributed by atoms with van der Waals surface area (Å²) in [7, 11) is 0. The van der Waals surface area contributed by atoms with Crippen molar-refractivity contribution in [2.45, 2.75) is 65.0 Å². The van der Waals surface area contributed by atoms with Crippen molar-refractivity contribution in [1.29, 1.82) is 0 Å². The van der Waals surface area contributed by atoms with E-state index in [1.807, 2.05) is 24.3 Å². The van der Waals surface area contributed by atoms with Crippen LogP contribution in [0.3, 0.4) is 0 Å². The molecule has 0 spiro atoms. The van der Waals surface area contributed by atoms with Crippen molar-refractivity contribution in [1.82, 2.24) is 5.32 Å². The third kappa shape index (κ3) is 6.71. The minimum Gasteiger partial charge on any atom is -0.481 e. The molecule has 0 fully saturated rings. The van der Waals surface area contributed by atoms with Crippen LogP contribution < -0.4 is 5.32 Å². The summed E-state index contributed by atoms with van der Waals surface area (Å²) >= 11 is 0. The minimum absolute atomic E-state index is 0.0999. The van der Waals surface area contributed by atoms with Crippen LogP contribution in [0.5, 0.6) is 0 Å². The molecule has 0 heterocycles. The molecule has 0 saturated heterocycles. The van der Waals surface area contributed by atoms with Crippen molar-refractivity contribution < 1.29 is 9.90 Å². The van der Waals surface area contributed by atoms with Crippen LogP contribution in [0, 0.1) is 0 Å². The molecule has 3 heteroatoms. The van der Waals surface area contributed by atoms with Gasteiger partial charge in [-0.3, -0.25) is 4.79 Å². The Labute approximate surface area is 122 Å². The number of hydrogen-bond acceptors (Lipinski definition) is 2. The van der Waals surface area contributed by atoms with E-state index < -0.39 is 5.97 Å². The Hall–Kier alpha value is -1.35. The van der Waals surface area contributed by atoms with E-state index in [0.29, 0.717) is 6.04 Å². The summed E-state index contributed by atoms with van der Waals surface area (Å²) in [6.07, 6.45) is 6.43. The Morgan fingerprint density at radius 1 is 1.20 bits per heavy atom. The van der Waals surface area contributed by atoms with Crippen LogP contribution in [-0.2, 0) is 17.8 Å². The molecule has 1 aromatic rings. The standard InChI is InChI=1S/C17H27NO2/c1-3-4-5-6-9-14(2)18-13-16-11-8-7-10-15(16)12-17(19)20/h7-8,10-11,14,18H,3-6,9,12-13H2,1-2H3,(H,19,20). The summed E-state index contributed by atoms with van der Waals surface area (Å²) in [4.78, 5) is 10.8. The number of benzene rings is 1. The fraction of sp³-hybridized carbons (Fsp3) is 0.588. The van der Waals surface area contributed by atoms with Crippen molar-refractivity contribution in [3.05, 3.63) is 35.4 Å². The van der Waals surface area contributed by atoms with Crippen LogP contribution in [0.15, 0.2) is 24.3 Å². The number of rotatable bonds is 10. The van der Waals surface area contributed by atoms with Crippen molar-refractivity contribution in [2.75, 3.05) is 0 Å². The van der Waals surface area contributed by atoms with Crippen LogP contribution >= 0.6 is 0 Å². The zero-order chi connectivity index (χ0) is 14.8. The van der Waals surface area contributed by atoms with Crippen LogP contribution in [0.4, 0.5) is 0 Å². The summed E-state index contributed by atoms with van der Waals surface area (Å²) in [5.74, 6) is -0.773. The lowest BCUT2D eigenvalue weighted by molar-refractivity contribution is -0.136. The smallest absolute Gasteiger partial charge is 0.307 e. The molecular formula is C17H27NO2. The molecule has 0 aliphatic carbocycles. The summed E-state index contributed by atoms with van der Waals surface area (Å²) < 4.78 is 0. The third-order valence-corrected chi connectivity index (χ3v) is 3.59. The average Bonchev–Trinajstić information content (AvgIpc) is 2.42. The highest BCUT2D eigenvalue weighted by Gasteiger charge is 2.07. The van der Waals surface area contributed by atoms with E-state index in [9.17, 15) is 4.79 Å². The van der Waals surface area contributed by atoms with Gasteiger partial charge in [0, 0.05) is 12.6 Å². The van der Waals surface area contributed by atoms with Gasteiger partial charge in [0.05, 0.1) is 6.42 Å². The second-order valence-corrected chi connectivity index (χ2v) is 5.47. The lowest BCUT2D eigenvalue weighted by Gasteiger charge is -2.15. The first-order valence-electron chi connectivity index (χ1n) is 7.65. The first kappa shape index (κ1) is 16.7. The van der Waals surface area contributed by atoms with Gasteiger partial charge in [0.2, 0.25) is 0 Å². The third-order valence-electron chi connectivity index (χ3n) is 3.59. The van der Waals surface area contributed by atoms with E-state index in [1.165, 1.54) is 32.1 Å². The van der Waals surface area contributed by atoms with Crippen LogP contribution in [0.1, 0.15) is 57.1 Å². The molecule has 0 bridgehead atoms. The highest BCUT2D eigenvalue weighted by Crippen LogP contribution is 2.11. The molecule has 0 radical (unpaired) electrons. The predicted octanol–water partition coefficient (Wildman–Crippen LogP) is 3.76. The molecule has 1 rings (SSSR count). The zero-order valence-corrected chi connectivity index (χ0v) is 12.7. The first-order chi connectivity index (χ1) is 9.63. The van der Waals surface area contributed by atoms with Crippen molar-refractivity contribution in [2.24, 2.45) is 0 Å².